The first-order valence-corrected chi connectivity index (χ1v) is 3.47. The lowest BCUT2D eigenvalue weighted by Crippen LogP contribution is -2.38. The van der Waals surface area contributed by atoms with Gasteiger partial charge in [0.05, 0.1) is 6.04 Å². The van der Waals surface area contributed by atoms with Crippen LogP contribution in [0.3, 0.4) is 0 Å². The second kappa shape index (κ2) is 5.57. The van der Waals surface area contributed by atoms with Crippen molar-refractivity contribution in [3.63, 3.8) is 0 Å². The average molecular weight is 154 g/mol. The van der Waals surface area contributed by atoms with Gasteiger partial charge in [-0.25, -0.2) is 10.8 Å². The summed E-state index contributed by atoms with van der Waals surface area (Å²) < 4.78 is 0. The van der Waals surface area contributed by atoms with Gasteiger partial charge in [-0.05, 0) is 6.42 Å². The van der Waals surface area contributed by atoms with Crippen molar-refractivity contribution in [3.8, 4) is 12.3 Å². The topological polar surface area (TPSA) is 76.4 Å². The monoisotopic (exact) mass is 154 g/mol. The van der Waals surface area contributed by atoms with E-state index in [0.29, 0.717) is 6.42 Å². The third-order valence-corrected chi connectivity index (χ3v) is 1.29. The van der Waals surface area contributed by atoms with E-state index in [1.165, 1.54) is 0 Å². The largest absolute Gasteiger partial charge is 0.369 e. The molecule has 0 aliphatic rings. The number of hydrogen-bond acceptors (Lipinski definition) is 2. The SMILES string of the molecule is C#CCC(CC)N=C(N)NN. The number of nitrogens with one attached hydrogen (secondary N) is 1. The molecule has 11 heavy (non-hydrogen) atoms. The maximum absolute atomic E-state index is 5.32. The zero-order valence-electron chi connectivity index (χ0n) is 6.67. The van der Waals surface area contributed by atoms with Gasteiger partial charge < -0.3 is 5.73 Å². The molecule has 62 valence electrons. The predicted octanol–water partition coefficient (Wildman–Crippen LogP) is -0.434. The smallest absolute Gasteiger partial charge is 0.203 e. The number of hydrazine groups is 1. The highest BCUT2D eigenvalue weighted by atomic mass is 15.3. The van der Waals surface area contributed by atoms with Crippen LogP contribution in [0, 0.1) is 12.3 Å². The summed E-state index contributed by atoms with van der Waals surface area (Å²) in [5, 5.41) is 0. The summed E-state index contributed by atoms with van der Waals surface area (Å²) in [7, 11) is 0. The molecule has 0 amide bonds. The Hall–Kier alpha value is -1.21. The van der Waals surface area contributed by atoms with Crippen LogP contribution in [0.25, 0.3) is 0 Å². The first-order chi connectivity index (χ1) is 5.24. The number of nitrogens with two attached hydrogens (primary N) is 2. The Kier molecular flexibility index (Phi) is 4.95. The minimum Gasteiger partial charge on any atom is -0.369 e. The molecule has 0 rings (SSSR count). The van der Waals surface area contributed by atoms with Gasteiger partial charge in [-0.1, -0.05) is 6.92 Å². The predicted molar refractivity (Wildman–Crippen MR) is 46.5 cm³/mol. The molecule has 0 aromatic heterocycles. The highest BCUT2D eigenvalue weighted by molar-refractivity contribution is 5.77. The van der Waals surface area contributed by atoms with Gasteiger partial charge in [0, 0.05) is 6.42 Å². The molecular weight excluding hydrogens is 140 g/mol. The molecule has 0 spiro atoms. The van der Waals surface area contributed by atoms with Crippen LogP contribution in [0.5, 0.6) is 0 Å². The van der Waals surface area contributed by atoms with Crippen LogP contribution in [-0.4, -0.2) is 12.0 Å². The first kappa shape index (κ1) is 9.79. The molecule has 1 unspecified atom stereocenters. The fraction of sp³-hybridized carbons (Fsp3) is 0.571. The minimum atomic E-state index is 0.0797. The van der Waals surface area contributed by atoms with E-state index in [9.17, 15) is 0 Å². The van der Waals surface area contributed by atoms with Crippen molar-refractivity contribution in [3.05, 3.63) is 0 Å². The van der Waals surface area contributed by atoms with Crippen molar-refractivity contribution in [2.45, 2.75) is 25.8 Å². The summed E-state index contributed by atoms with van der Waals surface area (Å²) in [4.78, 5) is 4.02. The lowest BCUT2D eigenvalue weighted by atomic mass is 10.2. The van der Waals surface area contributed by atoms with Crippen molar-refractivity contribution in [1.29, 1.82) is 0 Å². The van der Waals surface area contributed by atoms with Crippen LogP contribution in [0.15, 0.2) is 4.99 Å². The van der Waals surface area contributed by atoms with Crippen molar-refractivity contribution < 1.29 is 0 Å². The Morgan fingerprint density at radius 2 is 2.45 bits per heavy atom. The van der Waals surface area contributed by atoms with Gasteiger partial charge in [-0.15, -0.1) is 12.3 Å². The van der Waals surface area contributed by atoms with E-state index in [1.54, 1.807) is 0 Å². The van der Waals surface area contributed by atoms with E-state index in [0.717, 1.165) is 6.42 Å². The summed E-state index contributed by atoms with van der Waals surface area (Å²) in [5.74, 6) is 7.76. The second-order valence-corrected chi connectivity index (χ2v) is 2.13. The summed E-state index contributed by atoms with van der Waals surface area (Å²) >= 11 is 0. The van der Waals surface area contributed by atoms with Gasteiger partial charge in [-0.3, -0.25) is 5.43 Å². The number of guanidine groups is 1. The molecule has 0 aromatic rings. The van der Waals surface area contributed by atoms with Crippen LogP contribution < -0.4 is 17.0 Å². The zero-order valence-corrected chi connectivity index (χ0v) is 6.67. The van der Waals surface area contributed by atoms with Crippen LogP contribution in [0.2, 0.25) is 0 Å². The van der Waals surface area contributed by atoms with Crippen LogP contribution in [-0.2, 0) is 0 Å². The van der Waals surface area contributed by atoms with Gasteiger partial charge in [0.2, 0.25) is 5.96 Å². The van der Waals surface area contributed by atoms with E-state index in [-0.39, 0.29) is 12.0 Å². The second-order valence-electron chi connectivity index (χ2n) is 2.13. The fourth-order valence-electron chi connectivity index (χ4n) is 0.651. The summed E-state index contributed by atoms with van der Waals surface area (Å²) in [6, 6.07) is 0.0797. The molecule has 0 fully saturated rings. The number of hydrogen-bond donors (Lipinski definition) is 3. The van der Waals surface area contributed by atoms with Gasteiger partial charge in [0.25, 0.3) is 0 Å². The molecule has 0 saturated carbocycles. The Balaban J connectivity index is 3.96. The van der Waals surface area contributed by atoms with E-state index in [4.69, 9.17) is 18.0 Å². The fourth-order valence-corrected chi connectivity index (χ4v) is 0.651. The van der Waals surface area contributed by atoms with E-state index < -0.39 is 0 Å². The standard InChI is InChI=1S/C7H14N4/c1-3-5-6(4-2)10-7(8)11-9/h1,6H,4-5,9H2,2H3,(H3,8,10,11). The molecule has 0 heterocycles. The van der Waals surface area contributed by atoms with Gasteiger partial charge in [0.1, 0.15) is 0 Å². The number of rotatable bonds is 3. The highest BCUT2D eigenvalue weighted by Gasteiger charge is 2.01. The van der Waals surface area contributed by atoms with Crippen molar-refractivity contribution in [2.24, 2.45) is 16.6 Å². The molecule has 0 radical (unpaired) electrons. The Morgan fingerprint density at radius 3 is 2.82 bits per heavy atom. The number of nitrogens with zero attached hydrogens (tertiary/aromatic N) is 1. The van der Waals surface area contributed by atoms with Crippen molar-refractivity contribution >= 4 is 5.96 Å². The van der Waals surface area contributed by atoms with Gasteiger partial charge in [-0.2, -0.15) is 0 Å². The van der Waals surface area contributed by atoms with E-state index in [1.807, 2.05) is 6.92 Å². The van der Waals surface area contributed by atoms with E-state index >= 15 is 0 Å². The van der Waals surface area contributed by atoms with Crippen LogP contribution >= 0.6 is 0 Å². The maximum atomic E-state index is 5.32. The number of terminal acetylenes is 1. The molecule has 0 saturated heterocycles. The van der Waals surface area contributed by atoms with Crippen molar-refractivity contribution in [1.82, 2.24) is 5.43 Å². The minimum absolute atomic E-state index is 0.0797. The molecule has 0 aliphatic carbocycles. The molecule has 1 atom stereocenters. The lowest BCUT2D eigenvalue weighted by Gasteiger charge is -2.06. The Labute approximate surface area is 67.0 Å². The first-order valence-electron chi connectivity index (χ1n) is 3.47. The quantitative estimate of drug-likeness (QED) is 0.170. The van der Waals surface area contributed by atoms with Crippen LogP contribution in [0.1, 0.15) is 19.8 Å². The third-order valence-electron chi connectivity index (χ3n) is 1.29. The zero-order chi connectivity index (χ0) is 8.69. The maximum Gasteiger partial charge on any atom is 0.203 e. The van der Waals surface area contributed by atoms with E-state index in [2.05, 4.69) is 16.3 Å². The molecular formula is C7H14N4. The van der Waals surface area contributed by atoms with Gasteiger partial charge >= 0.3 is 0 Å². The molecule has 5 N–H and O–H groups in total. The third kappa shape index (κ3) is 4.23. The Bertz CT molecular complexity index is 168. The molecule has 0 aromatic carbocycles. The number of aliphatic imine (C=N–C) groups is 1. The van der Waals surface area contributed by atoms with Crippen LogP contribution in [0.4, 0.5) is 0 Å². The lowest BCUT2D eigenvalue weighted by molar-refractivity contribution is 0.665. The summed E-state index contributed by atoms with van der Waals surface area (Å²) in [6.45, 7) is 2.00. The summed E-state index contributed by atoms with van der Waals surface area (Å²) in [6.07, 6.45) is 6.57. The summed E-state index contributed by atoms with van der Waals surface area (Å²) in [5.41, 5.74) is 7.57. The van der Waals surface area contributed by atoms with Gasteiger partial charge in [0.15, 0.2) is 0 Å². The van der Waals surface area contributed by atoms with Crippen molar-refractivity contribution in [2.75, 3.05) is 0 Å². The Morgan fingerprint density at radius 1 is 1.82 bits per heavy atom. The normalized spacial score (nSPS) is 13.7. The highest BCUT2D eigenvalue weighted by Crippen LogP contribution is 2.00. The molecule has 4 heteroatoms. The average Bonchev–Trinajstić information content (AvgIpc) is 2.03. The molecule has 0 bridgehead atoms. The molecule has 0 aliphatic heterocycles. The molecule has 4 nitrogen and oxygen atoms in total.